The summed E-state index contributed by atoms with van der Waals surface area (Å²) in [5, 5.41) is 8.35. The molecule has 210 valence electrons. The highest BCUT2D eigenvalue weighted by Crippen LogP contribution is 2.27. The van der Waals surface area contributed by atoms with Crippen molar-refractivity contribution in [3.8, 4) is 0 Å². The van der Waals surface area contributed by atoms with E-state index in [2.05, 4.69) is 61.9 Å². The fourth-order valence-corrected chi connectivity index (χ4v) is 5.74. The van der Waals surface area contributed by atoms with E-state index in [-0.39, 0.29) is 12.1 Å². The monoisotopic (exact) mass is 580 g/mol. The molecule has 4 nitrogen and oxygen atoms in total. The molecule has 0 N–H and O–H groups in total. The van der Waals surface area contributed by atoms with Gasteiger partial charge in [0.2, 0.25) is 0 Å². The van der Waals surface area contributed by atoms with Gasteiger partial charge in [0, 0.05) is 42.5 Å². The van der Waals surface area contributed by atoms with Crippen molar-refractivity contribution < 1.29 is 8.78 Å². The van der Waals surface area contributed by atoms with Crippen LogP contribution in [-0.2, 0) is 6.54 Å². The number of benzene rings is 3. The summed E-state index contributed by atoms with van der Waals surface area (Å²) in [5.74, 6) is 0.974. The highest BCUT2D eigenvalue weighted by atomic mass is 35.5. The third-order valence-corrected chi connectivity index (χ3v) is 7.99. The first-order chi connectivity index (χ1) is 19.5. The van der Waals surface area contributed by atoms with Crippen LogP contribution < -0.4 is 4.31 Å². The van der Waals surface area contributed by atoms with Crippen molar-refractivity contribution in [1.82, 2.24) is 4.90 Å². The predicted molar refractivity (Wildman–Crippen MR) is 168 cm³/mol. The van der Waals surface area contributed by atoms with Gasteiger partial charge in [0.05, 0.1) is 12.3 Å². The molecule has 0 unspecified atom stereocenters. The Morgan fingerprint density at radius 3 is 2.25 bits per heavy atom. The molecule has 0 fully saturated rings. The lowest BCUT2D eigenvalue weighted by atomic mass is 10.00. The molecule has 0 aromatic heterocycles. The van der Waals surface area contributed by atoms with Gasteiger partial charge in [0.15, 0.2) is 0 Å². The van der Waals surface area contributed by atoms with E-state index in [1.807, 2.05) is 68.3 Å². The van der Waals surface area contributed by atoms with Crippen LogP contribution in [0, 0.1) is 0 Å². The maximum atomic E-state index is 12.9. The zero-order chi connectivity index (χ0) is 28.3. The van der Waals surface area contributed by atoms with Crippen LogP contribution in [0.4, 0.5) is 14.5 Å². The number of anilines is 1. The molecule has 8 heteroatoms. The molecule has 3 aromatic carbocycles. The first-order valence-corrected chi connectivity index (χ1v) is 15.0. The van der Waals surface area contributed by atoms with Gasteiger partial charge in [-0.2, -0.15) is 10.2 Å². The zero-order valence-corrected chi connectivity index (χ0v) is 24.5. The van der Waals surface area contributed by atoms with Crippen molar-refractivity contribution in [1.29, 1.82) is 0 Å². The van der Waals surface area contributed by atoms with Crippen molar-refractivity contribution >= 4 is 46.2 Å². The van der Waals surface area contributed by atoms with Gasteiger partial charge >= 0.3 is 0 Å². The standard InChI is InChI=1S/C30H29ClF2N4S.C2H6/c31-26-12-10-23(11-13-26)24-14-16-36(17-15-24)18-19-38-37(27-4-2-1-3-5-27)21-22-6-8-25(9-7-22)28-20-29(30(32)33)35-34-28;1-2/h1-14,30H,15-21H2;1-2H3. The Morgan fingerprint density at radius 2 is 1.62 bits per heavy atom. The van der Waals surface area contributed by atoms with Gasteiger partial charge in [-0.25, -0.2) is 8.78 Å². The summed E-state index contributed by atoms with van der Waals surface area (Å²) >= 11 is 7.86. The number of alkyl halides is 2. The molecule has 2 aliphatic rings. The van der Waals surface area contributed by atoms with Crippen molar-refractivity contribution in [3.63, 3.8) is 0 Å². The van der Waals surface area contributed by atoms with Gasteiger partial charge in [0.25, 0.3) is 6.43 Å². The lowest BCUT2D eigenvalue weighted by Gasteiger charge is -2.28. The third-order valence-electron chi connectivity index (χ3n) is 6.72. The molecule has 2 heterocycles. The van der Waals surface area contributed by atoms with Crippen molar-refractivity contribution in [2.75, 3.05) is 29.7 Å². The summed E-state index contributed by atoms with van der Waals surface area (Å²) in [5.41, 5.74) is 6.21. The van der Waals surface area contributed by atoms with Crippen LogP contribution in [0.15, 0.2) is 95.1 Å². The van der Waals surface area contributed by atoms with Crippen LogP contribution >= 0.6 is 23.5 Å². The topological polar surface area (TPSA) is 31.2 Å². The summed E-state index contributed by atoms with van der Waals surface area (Å²) in [6.45, 7) is 7.74. The van der Waals surface area contributed by atoms with Gasteiger partial charge in [-0.1, -0.05) is 86.1 Å². The highest BCUT2D eigenvalue weighted by Gasteiger charge is 2.22. The van der Waals surface area contributed by atoms with Crippen molar-refractivity contribution in [2.45, 2.75) is 39.7 Å². The Morgan fingerprint density at radius 1 is 0.925 bits per heavy atom. The maximum absolute atomic E-state index is 12.9. The molecular weight excluding hydrogens is 546 g/mol. The fourth-order valence-electron chi connectivity index (χ4n) is 4.54. The number of para-hydroxylation sites is 1. The average molecular weight is 581 g/mol. The van der Waals surface area contributed by atoms with Gasteiger partial charge in [-0.15, -0.1) is 0 Å². The maximum Gasteiger partial charge on any atom is 0.278 e. The lowest BCUT2D eigenvalue weighted by molar-refractivity contribution is 0.224. The second kappa shape index (κ2) is 15.1. The van der Waals surface area contributed by atoms with Gasteiger partial charge in [-0.05, 0) is 64.9 Å². The van der Waals surface area contributed by atoms with E-state index < -0.39 is 6.43 Å². The minimum Gasteiger partial charge on any atom is -0.312 e. The molecule has 0 saturated heterocycles. The summed E-state index contributed by atoms with van der Waals surface area (Å²) in [6.07, 6.45) is 0.919. The van der Waals surface area contributed by atoms with Gasteiger partial charge in [-0.3, -0.25) is 4.90 Å². The largest absolute Gasteiger partial charge is 0.312 e. The number of hydrogen-bond acceptors (Lipinski definition) is 5. The Kier molecular flexibility index (Phi) is 11.3. The van der Waals surface area contributed by atoms with E-state index in [0.29, 0.717) is 5.71 Å². The third kappa shape index (κ3) is 8.26. The Bertz CT molecular complexity index is 1310. The van der Waals surface area contributed by atoms with E-state index in [4.69, 9.17) is 11.6 Å². The number of halogens is 3. The van der Waals surface area contributed by atoms with Gasteiger partial charge in [0.1, 0.15) is 5.71 Å². The summed E-state index contributed by atoms with van der Waals surface area (Å²) in [4.78, 5) is 2.49. The zero-order valence-electron chi connectivity index (χ0n) is 22.9. The van der Waals surface area contributed by atoms with E-state index in [1.165, 1.54) is 11.1 Å². The molecule has 40 heavy (non-hydrogen) atoms. The average Bonchev–Trinajstić information content (AvgIpc) is 3.50. The number of rotatable bonds is 10. The van der Waals surface area contributed by atoms with E-state index in [0.717, 1.165) is 60.2 Å². The van der Waals surface area contributed by atoms with Crippen LogP contribution in [0.5, 0.6) is 0 Å². The number of nitrogens with zero attached hydrogens (tertiary/aromatic N) is 4. The van der Waals surface area contributed by atoms with Crippen LogP contribution in [0.1, 0.15) is 43.4 Å². The smallest absolute Gasteiger partial charge is 0.278 e. The molecule has 2 aliphatic heterocycles. The molecule has 0 spiro atoms. The van der Waals surface area contributed by atoms with E-state index >= 15 is 0 Å². The molecule has 0 atom stereocenters. The molecule has 0 radical (unpaired) electrons. The Labute approximate surface area is 245 Å². The quantitative estimate of drug-likeness (QED) is 0.225. The van der Waals surface area contributed by atoms with Crippen LogP contribution in [0.25, 0.3) is 5.57 Å². The molecule has 0 bridgehead atoms. The lowest BCUT2D eigenvalue weighted by Crippen LogP contribution is -2.31. The second-order valence-electron chi connectivity index (χ2n) is 9.30. The Balaban J connectivity index is 0.00000181. The summed E-state index contributed by atoms with van der Waals surface area (Å²) < 4.78 is 28.1. The molecule has 0 amide bonds. The first-order valence-electron chi connectivity index (χ1n) is 13.7. The van der Waals surface area contributed by atoms with Crippen LogP contribution in [-0.4, -0.2) is 48.1 Å². The minimum absolute atomic E-state index is 0.107. The van der Waals surface area contributed by atoms with Crippen molar-refractivity contribution in [3.05, 3.63) is 107 Å². The normalized spacial score (nSPS) is 15.2. The summed E-state index contributed by atoms with van der Waals surface area (Å²) in [6, 6.07) is 26.5. The van der Waals surface area contributed by atoms with E-state index in [9.17, 15) is 8.78 Å². The van der Waals surface area contributed by atoms with Crippen molar-refractivity contribution in [2.24, 2.45) is 10.2 Å². The van der Waals surface area contributed by atoms with E-state index in [1.54, 1.807) is 0 Å². The molecule has 0 aliphatic carbocycles. The van der Waals surface area contributed by atoms with Crippen LogP contribution in [0.2, 0.25) is 5.02 Å². The predicted octanol–water partition coefficient (Wildman–Crippen LogP) is 8.62. The molecule has 0 saturated carbocycles. The van der Waals surface area contributed by atoms with Gasteiger partial charge < -0.3 is 4.31 Å². The number of hydrogen-bond donors (Lipinski definition) is 0. The molecular formula is C32H35ClF2N4S. The van der Waals surface area contributed by atoms with Crippen LogP contribution in [0.3, 0.4) is 0 Å². The SMILES string of the molecule is CC.FC(F)C1=NN=C(c2ccc(CN(SCCN3CC=C(c4ccc(Cl)cc4)CC3)c3ccccc3)cc2)C1. The Hall–Kier alpha value is -3.00. The summed E-state index contributed by atoms with van der Waals surface area (Å²) in [7, 11) is 0. The second-order valence-corrected chi connectivity index (χ2v) is 10.8. The first kappa shape index (κ1) is 30.0. The fraction of sp³-hybridized carbons (Fsp3) is 0.312. The molecule has 3 aromatic rings. The molecule has 5 rings (SSSR count). The minimum atomic E-state index is -2.56. The highest BCUT2D eigenvalue weighted by molar-refractivity contribution is 8.00.